The Morgan fingerprint density at radius 1 is 0.731 bits per heavy atom. The normalized spacial score (nSPS) is 16.2. The van der Waals surface area contributed by atoms with E-state index in [1.807, 2.05) is 12.3 Å². The molecule has 0 spiro atoms. The highest BCUT2D eigenvalue weighted by Gasteiger charge is 2.19. The Hall–Kier alpha value is -2.55. The van der Waals surface area contributed by atoms with Crippen LogP contribution in [0.2, 0.25) is 0 Å². The quantitative estimate of drug-likeness (QED) is 0.624. The topological polar surface area (TPSA) is 43.8 Å². The predicted molar refractivity (Wildman–Crippen MR) is 109 cm³/mol. The molecular formula is C23H27N3. The zero-order valence-electron chi connectivity index (χ0n) is 15.3. The molecule has 0 radical (unpaired) electrons. The van der Waals surface area contributed by atoms with Gasteiger partial charge >= 0.3 is 0 Å². The molecule has 1 saturated carbocycles. The fourth-order valence-electron chi connectivity index (χ4n) is 4.13. The van der Waals surface area contributed by atoms with Crippen LogP contribution in [0.1, 0.15) is 51.0 Å². The van der Waals surface area contributed by atoms with Gasteiger partial charge in [-0.05, 0) is 29.5 Å². The summed E-state index contributed by atoms with van der Waals surface area (Å²) in [6, 6.07) is 19.7. The van der Waals surface area contributed by atoms with Gasteiger partial charge < -0.3 is 10.3 Å². The lowest BCUT2D eigenvalue weighted by Crippen LogP contribution is -2.14. The highest BCUT2D eigenvalue weighted by atomic mass is 15.2. The summed E-state index contributed by atoms with van der Waals surface area (Å²) in [5.74, 6) is 0.651. The van der Waals surface area contributed by atoms with Crippen LogP contribution in [-0.4, -0.2) is 9.55 Å². The van der Waals surface area contributed by atoms with Crippen molar-refractivity contribution in [2.24, 2.45) is 0 Å². The molecule has 4 rings (SSSR count). The smallest absolute Gasteiger partial charge is 0.200 e. The summed E-state index contributed by atoms with van der Waals surface area (Å²) in [5.41, 5.74) is 11.1. The van der Waals surface area contributed by atoms with E-state index in [0.29, 0.717) is 12.0 Å². The number of hydrogen-bond donors (Lipinski definition) is 1. The van der Waals surface area contributed by atoms with Gasteiger partial charge in [0.25, 0.3) is 0 Å². The number of imidazole rings is 1. The zero-order chi connectivity index (χ0) is 17.8. The van der Waals surface area contributed by atoms with Gasteiger partial charge in [-0.3, -0.25) is 0 Å². The first-order chi connectivity index (χ1) is 12.8. The van der Waals surface area contributed by atoms with Crippen molar-refractivity contribution in [2.45, 2.75) is 51.0 Å². The van der Waals surface area contributed by atoms with Crippen molar-refractivity contribution in [1.82, 2.24) is 9.55 Å². The molecule has 2 aromatic carbocycles. The fraction of sp³-hybridized carbons (Fsp3) is 0.348. The Morgan fingerprint density at radius 2 is 1.31 bits per heavy atom. The number of anilines is 1. The third-order valence-electron chi connectivity index (χ3n) is 5.55. The minimum atomic E-state index is 0.474. The van der Waals surface area contributed by atoms with Crippen LogP contribution in [0.15, 0.2) is 60.8 Å². The molecule has 0 saturated heterocycles. The number of nitrogens with zero attached hydrogens (tertiary/aromatic N) is 2. The Morgan fingerprint density at radius 3 is 2.00 bits per heavy atom. The predicted octanol–water partition coefficient (Wildman–Crippen LogP) is 6.08. The highest BCUT2D eigenvalue weighted by molar-refractivity contribution is 5.69. The van der Waals surface area contributed by atoms with Gasteiger partial charge in [0, 0.05) is 6.04 Å². The number of benzene rings is 2. The number of nitrogens with two attached hydrogens (primary N) is 1. The maximum atomic E-state index is 6.27. The van der Waals surface area contributed by atoms with Crippen molar-refractivity contribution in [3.05, 3.63) is 60.8 Å². The van der Waals surface area contributed by atoms with E-state index in [1.165, 1.54) is 61.6 Å². The second-order valence-corrected chi connectivity index (χ2v) is 7.31. The van der Waals surface area contributed by atoms with Crippen LogP contribution in [0.25, 0.3) is 22.4 Å². The summed E-state index contributed by atoms with van der Waals surface area (Å²) in [7, 11) is 0. The molecule has 0 amide bonds. The van der Waals surface area contributed by atoms with E-state index in [1.54, 1.807) is 0 Å². The van der Waals surface area contributed by atoms with Gasteiger partial charge in [-0.2, -0.15) is 0 Å². The van der Waals surface area contributed by atoms with E-state index in [9.17, 15) is 0 Å². The molecule has 0 unspecified atom stereocenters. The van der Waals surface area contributed by atoms with Crippen LogP contribution >= 0.6 is 0 Å². The molecule has 0 aliphatic heterocycles. The summed E-state index contributed by atoms with van der Waals surface area (Å²) < 4.78 is 2.28. The Labute approximate surface area is 155 Å². The largest absolute Gasteiger partial charge is 0.369 e. The first-order valence-electron chi connectivity index (χ1n) is 9.81. The second kappa shape index (κ2) is 7.77. The summed E-state index contributed by atoms with van der Waals surface area (Å²) >= 11 is 0. The van der Waals surface area contributed by atoms with Gasteiger partial charge in [-0.15, -0.1) is 0 Å². The van der Waals surface area contributed by atoms with E-state index in [0.717, 1.165) is 5.69 Å². The van der Waals surface area contributed by atoms with Crippen LogP contribution in [0.3, 0.4) is 0 Å². The molecule has 1 aliphatic rings. The number of hydrogen-bond acceptors (Lipinski definition) is 2. The maximum Gasteiger partial charge on any atom is 0.200 e. The standard InChI is InChI=1S/C23H27N3/c24-23-25-17-22(26(23)21-11-7-2-1-3-8-12-21)20-15-13-19(14-16-20)18-9-5-4-6-10-18/h4-6,9-10,13-17,21H,1-3,7-8,11-12H2,(H2,24,25). The summed E-state index contributed by atoms with van der Waals surface area (Å²) in [6.45, 7) is 0. The molecule has 26 heavy (non-hydrogen) atoms. The summed E-state index contributed by atoms with van der Waals surface area (Å²) in [6.07, 6.45) is 11.0. The molecule has 1 aliphatic carbocycles. The van der Waals surface area contributed by atoms with Crippen molar-refractivity contribution in [3.63, 3.8) is 0 Å². The minimum Gasteiger partial charge on any atom is -0.369 e. The average Bonchev–Trinajstić information content (AvgIpc) is 3.04. The molecule has 2 N–H and O–H groups in total. The molecule has 3 nitrogen and oxygen atoms in total. The third-order valence-corrected chi connectivity index (χ3v) is 5.55. The molecule has 1 aromatic heterocycles. The molecule has 0 atom stereocenters. The molecule has 0 bridgehead atoms. The van der Waals surface area contributed by atoms with Crippen molar-refractivity contribution in [1.29, 1.82) is 0 Å². The van der Waals surface area contributed by atoms with Crippen LogP contribution < -0.4 is 5.73 Å². The molecule has 1 heterocycles. The fourth-order valence-corrected chi connectivity index (χ4v) is 4.13. The van der Waals surface area contributed by atoms with Gasteiger partial charge in [-0.1, -0.05) is 86.7 Å². The number of aromatic nitrogens is 2. The van der Waals surface area contributed by atoms with E-state index >= 15 is 0 Å². The monoisotopic (exact) mass is 345 g/mol. The van der Waals surface area contributed by atoms with Gasteiger partial charge in [0.1, 0.15) is 0 Å². The third kappa shape index (κ3) is 3.52. The van der Waals surface area contributed by atoms with Crippen LogP contribution in [-0.2, 0) is 0 Å². The zero-order valence-corrected chi connectivity index (χ0v) is 15.3. The van der Waals surface area contributed by atoms with Gasteiger partial charge in [0.05, 0.1) is 11.9 Å². The Bertz CT molecular complexity index is 826. The van der Waals surface area contributed by atoms with E-state index in [-0.39, 0.29) is 0 Å². The SMILES string of the molecule is Nc1ncc(-c2ccc(-c3ccccc3)cc2)n1C1CCCCCCC1. The molecule has 3 heteroatoms. The first-order valence-corrected chi connectivity index (χ1v) is 9.81. The van der Waals surface area contributed by atoms with Gasteiger partial charge in [-0.25, -0.2) is 4.98 Å². The van der Waals surface area contributed by atoms with Gasteiger partial charge in [0.15, 0.2) is 0 Å². The minimum absolute atomic E-state index is 0.474. The first kappa shape index (κ1) is 16.9. The Kier molecular flexibility index (Phi) is 5.05. The lowest BCUT2D eigenvalue weighted by atomic mass is 9.96. The lowest BCUT2D eigenvalue weighted by Gasteiger charge is -2.24. The van der Waals surface area contributed by atoms with Crippen molar-refractivity contribution in [2.75, 3.05) is 5.73 Å². The summed E-state index contributed by atoms with van der Waals surface area (Å²) in [4.78, 5) is 4.44. The molecule has 3 aromatic rings. The van der Waals surface area contributed by atoms with Crippen molar-refractivity contribution < 1.29 is 0 Å². The van der Waals surface area contributed by atoms with Crippen LogP contribution in [0.5, 0.6) is 0 Å². The maximum absolute atomic E-state index is 6.27. The summed E-state index contributed by atoms with van der Waals surface area (Å²) in [5, 5.41) is 0. The molecular weight excluding hydrogens is 318 g/mol. The van der Waals surface area contributed by atoms with Crippen LogP contribution in [0, 0.1) is 0 Å². The second-order valence-electron chi connectivity index (χ2n) is 7.31. The molecule has 1 fully saturated rings. The number of rotatable bonds is 3. The highest BCUT2D eigenvalue weighted by Crippen LogP contribution is 2.34. The Balaban J connectivity index is 1.64. The van der Waals surface area contributed by atoms with Gasteiger partial charge in [0.2, 0.25) is 5.95 Å². The van der Waals surface area contributed by atoms with Crippen molar-refractivity contribution in [3.8, 4) is 22.4 Å². The van der Waals surface area contributed by atoms with E-state index in [4.69, 9.17) is 5.73 Å². The average molecular weight is 345 g/mol. The number of nitrogen functional groups attached to an aromatic ring is 1. The van der Waals surface area contributed by atoms with E-state index in [2.05, 4.69) is 58.1 Å². The van der Waals surface area contributed by atoms with E-state index < -0.39 is 0 Å². The lowest BCUT2D eigenvalue weighted by molar-refractivity contribution is 0.377. The van der Waals surface area contributed by atoms with Crippen molar-refractivity contribution >= 4 is 5.95 Å². The molecule has 134 valence electrons. The van der Waals surface area contributed by atoms with Crippen LogP contribution in [0.4, 0.5) is 5.95 Å².